The van der Waals surface area contributed by atoms with Crippen molar-refractivity contribution >= 4 is 12.0 Å². The second kappa shape index (κ2) is 8.90. The summed E-state index contributed by atoms with van der Waals surface area (Å²) in [5, 5.41) is 11.9. The van der Waals surface area contributed by atoms with Gasteiger partial charge in [0.1, 0.15) is 0 Å². The van der Waals surface area contributed by atoms with E-state index in [2.05, 4.69) is 5.32 Å². The summed E-state index contributed by atoms with van der Waals surface area (Å²) in [6.07, 6.45) is 6.09. The Morgan fingerprint density at radius 2 is 1.95 bits per heavy atom. The van der Waals surface area contributed by atoms with Gasteiger partial charge in [-0.1, -0.05) is 19.8 Å². The number of carboxylic acids is 1. The van der Waals surface area contributed by atoms with Crippen LogP contribution in [0.2, 0.25) is 0 Å². The molecule has 2 amide bonds. The highest BCUT2D eigenvalue weighted by Gasteiger charge is 2.23. The van der Waals surface area contributed by atoms with Gasteiger partial charge in [0.2, 0.25) is 0 Å². The van der Waals surface area contributed by atoms with Crippen LogP contribution in [0.15, 0.2) is 0 Å². The average molecular weight is 298 g/mol. The van der Waals surface area contributed by atoms with Crippen LogP contribution < -0.4 is 5.32 Å². The van der Waals surface area contributed by atoms with Gasteiger partial charge in [0.25, 0.3) is 0 Å². The summed E-state index contributed by atoms with van der Waals surface area (Å²) in [4.78, 5) is 24.8. The van der Waals surface area contributed by atoms with Crippen LogP contribution in [-0.4, -0.2) is 41.1 Å². The van der Waals surface area contributed by atoms with E-state index in [0.29, 0.717) is 12.3 Å². The number of carbonyl (C=O) groups is 2. The van der Waals surface area contributed by atoms with Crippen molar-refractivity contribution in [3.05, 3.63) is 0 Å². The number of rotatable bonds is 9. The van der Waals surface area contributed by atoms with Crippen LogP contribution in [0.3, 0.4) is 0 Å². The minimum Gasteiger partial charge on any atom is -0.481 e. The van der Waals surface area contributed by atoms with Crippen LogP contribution in [-0.2, 0) is 4.79 Å². The van der Waals surface area contributed by atoms with Gasteiger partial charge in [-0.25, -0.2) is 4.79 Å². The molecule has 0 heterocycles. The van der Waals surface area contributed by atoms with Crippen LogP contribution in [0.1, 0.15) is 59.3 Å². The number of urea groups is 1. The van der Waals surface area contributed by atoms with E-state index in [1.165, 1.54) is 19.3 Å². The van der Waals surface area contributed by atoms with E-state index in [1.807, 2.05) is 18.7 Å². The zero-order chi connectivity index (χ0) is 15.8. The number of amides is 2. The second-order valence-corrected chi connectivity index (χ2v) is 6.36. The lowest BCUT2D eigenvalue weighted by molar-refractivity contribution is -0.141. The van der Waals surface area contributed by atoms with Crippen molar-refractivity contribution in [2.45, 2.75) is 65.3 Å². The number of aliphatic carboxylic acids is 1. The molecule has 0 aromatic carbocycles. The molecule has 1 saturated carbocycles. The minimum atomic E-state index is -0.746. The maximum Gasteiger partial charge on any atom is 0.317 e. The summed E-state index contributed by atoms with van der Waals surface area (Å²) >= 11 is 0. The van der Waals surface area contributed by atoms with E-state index >= 15 is 0 Å². The molecule has 1 aliphatic rings. The maximum absolute atomic E-state index is 12.2. The summed E-state index contributed by atoms with van der Waals surface area (Å²) in [6.45, 7) is 7.33. The van der Waals surface area contributed by atoms with Crippen LogP contribution in [0.5, 0.6) is 0 Å². The molecule has 1 fully saturated rings. The van der Waals surface area contributed by atoms with Crippen molar-refractivity contribution in [2.75, 3.05) is 13.1 Å². The van der Waals surface area contributed by atoms with E-state index in [9.17, 15) is 9.59 Å². The average Bonchev–Trinajstić information content (AvgIpc) is 2.37. The monoisotopic (exact) mass is 298 g/mol. The third kappa shape index (κ3) is 6.36. The molecule has 2 unspecified atom stereocenters. The number of hydrogen-bond acceptors (Lipinski definition) is 2. The predicted molar refractivity (Wildman–Crippen MR) is 83.2 cm³/mol. The van der Waals surface area contributed by atoms with Gasteiger partial charge in [0, 0.05) is 19.1 Å². The molecule has 1 aliphatic carbocycles. The fourth-order valence-electron chi connectivity index (χ4n) is 2.57. The molecule has 0 spiro atoms. The number of nitrogens with one attached hydrogen (secondary N) is 1. The zero-order valence-electron chi connectivity index (χ0n) is 13.6. The van der Waals surface area contributed by atoms with Crippen molar-refractivity contribution in [1.29, 1.82) is 0 Å². The van der Waals surface area contributed by atoms with Crippen molar-refractivity contribution in [3.8, 4) is 0 Å². The number of nitrogens with zero attached hydrogens (tertiary/aromatic N) is 1. The summed E-state index contributed by atoms with van der Waals surface area (Å²) in [5.74, 6) is -0.370. The van der Waals surface area contributed by atoms with Crippen molar-refractivity contribution in [1.82, 2.24) is 10.2 Å². The molecule has 0 aliphatic heterocycles. The van der Waals surface area contributed by atoms with Crippen molar-refractivity contribution < 1.29 is 14.7 Å². The van der Waals surface area contributed by atoms with E-state index < -0.39 is 5.97 Å². The number of carbonyl (C=O) groups excluding carboxylic acids is 1. The normalized spacial score (nSPS) is 17.7. The van der Waals surface area contributed by atoms with Gasteiger partial charge < -0.3 is 15.3 Å². The van der Waals surface area contributed by atoms with Crippen LogP contribution in [0.25, 0.3) is 0 Å². The van der Waals surface area contributed by atoms with Gasteiger partial charge in [-0.3, -0.25) is 4.79 Å². The molecule has 5 nitrogen and oxygen atoms in total. The smallest absolute Gasteiger partial charge is 0.317 e. The minimum absolute atomic E-state index is 0.0168. The summed E-state index contributed by atoms with van der Waals surface area (Å²) in [7, 11) is 0. The van der Waals surface area contributed by atoms with Gasteiger partial charge in [0.15, 0.2) is 0 Å². The largest absolute Gasteiger partial charge is 0.481 e. The molecule has 0 saturated heterocycles. The van der Waals surface area contributed by atoms with Crippen molar-refractivity contribution in [2.24, 2.45) is 11.8 Å². The Balaban J connectivity index is 2.23. The number of hydrogen-bond donors (Lipinski definition) is 2. The second-order valence-electron chi connectivity index (χ2n) is 6.36. The molecule has 2 atom stereocenters. The highest BCUT2D eigenvalue weighted by molar-refractivity contribution is 5.74. The van der Waals surface area contributed by atoms with Crippen LogP contribution in [0.4, 0.5) is 4.79 Å². The van der Waals surface area contributed by atoms with Crippen molar-refractivity contribution in [3.63, 3.8) is 0 Å². The van der Waals surface area contributed by atoms with Gasteiger partial charge in [-0.2, -0.15) is 0 Å². The molecule has 122 valence electrons. The van der Waals surface area contributed by atoms with Gasteiger partial charge in [-0.15, -0.1) is 0 Å². The van der Waals surface area contributed by atoms with Crippen LogP contribution in [0, 0.1) is 11.8 Å². The SMILES string of the molecule is CCN(CC1CCC1)C(=O)NC(C)CCCC(C)C(=O)O. The van der Waals surface area contributed by atoms with E-state index in [4.69, 9.17) is 5.11 Å². The van der Waals surface area contributed by atoms with E-state index in [-0.39, 0.29) is 18.0 Å². The lowest BCUT2D eigenvalue weighted by Gasteiger charge is -2.32. The highest BCUT2D eigenvalue weighted by atomic mass is 16.4. The first-order valence-corrected chi connectivity index (χ1v) is 8.22. The quantitative estimate of drug-likeness (QED) is 0.687. The number of carboxylic acid groups (broad SMARTS) is 1. The molecule has 0 aromatic rings. The summed E-state index contributed by atoms with van der Waals surface area (Å²) in [6, 6.07) is 0.108. The standard InChI is InChI=1S/C16H30N2O3/c1-4-18(11-14-9-6-10-14)16(21)17-13(3)8-5-7-12(2)15(19)20/h12-14H,4-11H2,1-3H3,(H,17,21)(H,19,20). The summed E-state index contributed by atoms with van der Waals surface area (Å²) < 4.78 is 0. The third-order valence-corrected chi connectivity index (χ3v) is 4.44. The first kappa shape index (κ1) is 17.8. The Labute approximate surface area is 128 Å². The molecular weight excluding hydrogens is 268 g/mol. The van der Waals surface area contributed by atoms with Gasteiger partial charge in [0.05, 0.1) is 5.92 Å². The first-order chi connectivity index (χ1) is 9.93. The Morgan fingerprint density at radius 1 is 1.29 bits per heavy atom. The molecule has 2 N–H and O–H groups in total. The first-order valence-electron chi connectivity index (χ1n) is 8.22. The lowest BCUT2D eigenvalue weighted by Crippen LogP contribution is -2.46. The summed E-state index contributed by atoms with van der Waals surface area (Å²) in [5.41, 5.74) is 0. The Bertz CT molecular complexity index is 342. The Kier molecular flexibility index (Phi) is 7.54. The molecule has 21 heavy (non-hydrogen) atoms. The topological polar surface area (TPSA) is 69.6 Å². The molecule has 0 radical (unpaired) electrons. The molecule has 0 aromatic heterocycles. The maximum atomic E-state index is 12.2. The molecular formula is C16H30N2O3. The van der Waals surface area contributed by atoms with Gasteiger partial charge >= 0.3 is 12.0 Å². The Hall–Kier alpha value is -1.26. The van der Waals surface area contributed by atoms with E-state index in [1.54, 1.807) is 6.92 Å². The lowest BCUT2D eigenvalue weighted by atomic mass is 9.85. The highest BCUT2D eigenvalue weighted by Crippen LogP contribution is 2.27. The Morgan fingerprint density at radius 3 is 2.43 bits per heavy atom. The zero-order valence-corrected chi connectivity index (χ0v) is 13.6. The third-order valence-electron chi connectivity index (χ3n) is 4.44. The van der Waals surface area contributed by atoms with Gasteiger partial charge in [-0.05, 0) is 45.4 Å². The molecule has 5 heteroatoms. The van der Waals surface area contributed by atoms with Crippen LogP contribution >= 0.6 is 0 Å². The van der Waals surface area contributed by atoms with E-state index in [0.717, 1.165) is 25.9 Å². The predicted octanol–water partition coefficient (Wildman–Crippen LogP) is 3.10. The molecule has 1 rings (SSSR count). The fourth-order valence-corrected chi connectivity index (χ4v) is 2.57. The molecule has 0 bridgehead atoms. The fraction of sp³-hybridized carbons (Fsp3) is 0.875.